The fourth-order valence-electron chi connectivity index (χ4n) is 4.07. The standard InChI is InChI=1S/C22H33NO4/c1-15-21(2,3)17-7-6-16(14-18(17)22(15,4)5)19(25)8-9-20(26)23-10-12-27-13-11-24/h6-7,14-15,24H,8-13H2,1-5H3,(H,23,26). The van der Waals surface area contributed by atoms with Crippen LogP contribution < -0.4 is 5.32 Å². The van der Waals surface area contributed by atoms with Gasteiger partial charge in [-0.3, -0.25) is 9.59 Å². The summed E-state index contributed by atoms with van der Waals surface area (Å²) in [7, 11) is 0. The van der Waals surface area contributed by atoms with Crippen molar-refractivity contribution in [2.45, 2.75) is 58.3 Å². The molecule has 0 bridgehead atoms. The first-order valence-electron chi connectivity index (χ1n) is 9.76. The van der Waals surface area contributed by atoms with Gasteiger partial charge in [-0.25, -0.2) is 0 Å². The van der Waals surface area contributed by atoms with Crippen molar-refractivity contribution in [3.05, 3.63) is 34.9 Å². The third-order valence-electron chi connectivity index (χ3n) is 6.28. The average Bonchev–Trinajstić information content (AvgIpc) is 2.77. The molecule has 1 unspecified atom stereocenters. The fraction of sp³-hybridized carbons (Fsp3) is 0.636. The molecule has 1 aliphatic carbocycles. The van der Waals surface area contributed by atoms with Gasteiger partial charge < -0.3 is 15.2 Å². The second kappa shape index (κ2) is 8.53. The smallest absolute Gasteiger partial charge is 0.220 e. The monoisotopic (exact) mass is 375 g/mol. The van der Waals surface area contributed by atoms with Gasteiger partial charge in [0.25, 0.3) is 0 Å². The van der Waals surface area contributed by atoms with Gasteiger partial charge in [-0.2, -0.15) is 0 Å². The maximum atomic E-state index is 12.6. The van der Waals surface area contributed by atoms with Crippen LogP contribution in [0.4, 0.5) is 0 Å². The van der Waals surface area contributed by atoms with Gasteiger partial charge in [-0.1, -0.05) is 46.8 Å². The van der Waals surface area contributed by atoms with Crippen LogP contribution in [0.2, 0.25) is 0 Å². The first kappa shape index (κ1) is 21.6. The number of aliphatic hydroxyl groups is 1. The molecule has 1 aliphatic rings. The lowest BCUT2D eigenvalue weighted by Gasteiger charge is -2.32. The number of hydrogen-bond acceptors (Lipinski definition) is 4. The molecule has 0 spiro atoms. The summed E-state index contributed by atoms with van der Waals surface area (Å²) in [5, 5.41) is 11.3. The molecule has 1 aromatic rings. The summed E-state index contributed by atoms with van der Waals surface area (Å²) < 4.78 is 5.08. The van der Waals surface area contributed by atoms with Gasteiger partial charge in [0.1, 0.15) is 0 Å². The molecular formula is C22H33NO4. The molecule has 5 heteroatoms. The molecule has 2 N–H and O–H groups in total. The van der Waals surface area contributed by atoms with E-state index in [1.54, 1.807) is 0 Å². The SMILES string of the molecule is CC1C(C)(C)c2ccc(C(=O)CCC(=O)NCCOCCO)cc2C1(C)C. The zero-order valence-corrected chi connectivity index (χ0v) is 17.2. The van der Waals surface area contributed by atoms with Crippen molar-refractivity contribution in [2.24, 2.45) is 5.92 Å². The van der Waals surface area contributed by atoms with E-state index in [1.165, 1.54) is 11.1 Å². The molecule has 0 saturated carbocycles. The largest absolute Gasteiger partial charge is 0.394 e. The molecule has 0 saturated heterocycles. The van der Waals surface area contributed by atoms with Crippen LogP contribution >= 0.6 is 0 Å². The van der Waals surface area contributed by atoms with Crippen molar-refractivity contribution >= 4 is 11.7 Å². The van der Waals surface area contributed by atoms with Crippen LogP contribution in [0.25, 0.3) is 0 Å². The summed E-state index contributed by atoms with van der Waals surface area (Å²) in [6.45, 7) is 12.3. The number of nitrogens with one attached hydrogen (secondary N) is 1. The lowest BCUT2D eigenvalue weighted by atomic mass is 9.71. The maximum Gasteiger partial charge on any atom is 0.220 e. The Labute approximate surface area is 162 Å². The maximum absolute atomic E-state index is 12.6. The minimum absolute atomic E-state index is 0.00219. The van der Waals surface area contributed by atoms with Gasteiger partial charge in [-0.05, 0) is 33.9 Å². The number of ether oxygens (including phenoxy) is 1. The van der Waals surface area contributed by atoms with Gasteiger partial charge in [-0.15, -0.1) is 0 Å². The Hall–Kier alpha value is -1.72. The summed E-state index contributed by atoms with van der Waals surface area (Å²) >= 11 is 0. The molecule has 27 heavy (non-hydrogen) atoms. The van der Waals surface area contributed by atoms with E-state index in [4.69, 9.17) is 9.84 Å². The predicted molar refractivity (Wildman–Crippen MR) is 106 cm³/mol. The fourth-order valence-corrected chi connectivity index (χ4v) is 4.07. The van der Waals surface area contributed by atoms with Crippen molar-refractivity contribution in [3.8, 4) is 0 Å². The van der Waals surface area contributed by atoms with Crippen LogP contribution in [0.5, 0.6) is 0 Å². The molecule has 1 aromatic carbocycles. The summed E-state index contributed by atoms with van der Waals surface area (Å²) in [5.41, 5.74) is 3.35. The van der Waals surface area contributed by atoms with Crippen LogP contribution in [0.3, 0.4) is 0 Å². The van der Waals surface area contributed by atoms with E-state index in [0.717, 1.165) is 0 Å². The van der Waals surface area contributed by atoms with E-state index < -0.39 is 0 Å². The number of amides is 1. The second-order valence-corrected chi connectivity index (χ2v) is 8.53. The number of fused-ring (bicyclic) bond motifs is 1. The number of Topliss-reactive ketones (excluding diaryl/α,β-unsaturated/α-hetero) is 1. The molecule has 0 heterocycles. The summed E-state index contributed by atoms with van der Waals surface area (Å²) in [6, 6.07) is 6.02. The zero-order chi connectivity index (χ0) is 20.2. The number of hydrogen-bond donors (Lipinski definition) is 2. The molecule has 1 amide bonds. The number of benzene rings is 1. The van der Waals surface area contributed by atoms with Gasteiger partial charge in [0.2, 0.25) is 5.91 Å². The van der Waals surface area contributed by atoms with Gasteiger partial charge >= 0.3 is 0 Å². The first-order chi connectivity index (χ1) is 12.6. The molecule has 0 fully saturated rings. The van der Waals surface area contributed by atoms with Crippen molar-refractivity contribution < 1.29 is 19.4 Å². The van der Waals surface area contributed by atoms with E-state index in [-0.39, 0.29) is 48.6 Å². The number of aliphatic hydroxyl groups excluding tert-OH is 1. The molecule has 1 atom stereocenters. The van der Waals surface area contributed by atoms with Crippen LogP contribution in [0.1, 0.15) is 68.9 Å². The third-order valence-corrected chi connectivity index (χ3v) is 6.28. The summed E-state index contributed by atoms with van der Waals surface area (Å²) in [6.07, 6.45) is 0.364. The molecule has 0 aliphatic heterocycles. The zero-order valence-electron chi connectivity index (χ0n) is 17.2. The van der Waals surface area contributed by atoms with Crippen molar-refractivity contribution in [1.82, 2.24) is 5.32 Å². The summed E-state index contributed by atoms with van der Waals surface area (Å²) in [4.78, 5) is 24.4. The minimum atomic E-state index is -0.160. The third kappa shape index (κ3) is 4.58. The summed E-state index contributed by atoms with van der Waals surface area (Å²) in [5.74, 6) is 0.314. The Morgan fingerprint density at radius 1 is 1.07 bits per heavy atom. The lowest BCUT2D eigenvalue weighted by molar-refractivity contribution is -0.121. The van der Waals surface area contributed by atoms with Crippen molar-refractivity contribution in [2.75, 3.05) is 26.4 Å². The molecule has 2 rings (SSSR count). The number of ketones is 1. The van der Waals surface area contributed by atoms with Gasteiger partial charge in [0, 0.05) is 24.9 Å². The highest BCUT2D eigenvalue weighted by Gasteiger charge is 2.48. The Bertz CT molecular complexity index is 694. The number of rotatable bonds is 9. The van der Waals surface area contributed by atoms with Crippen LogP contribution in [0.15, 0.2) is 18.2 Å². The minimum Gasteiger partial charge on any atom is -0.394 e. The van der Waals surface area contributed by atoms with Crippen LogP contribution in [-0.2, 0) is 20.4 Å². The average molecular weight is 376 g/mol. The molecule has 0 aromatic heterocycles. The second-order valence-electron chi connectivity index (χ2n) is 8.53. The molecule has 0 radical (unpaired) electrons. The van der Waals surface area contributed by atoms with E-state index in [9.17, 15) is 9.59 Å². The highest BCUT2D eigenvalue weighted by molar-refractivity contribution is 5.98. The predicted octanol–water partition coefficient (Wildman–Crippen LogP) is 2.98. The molecule has 150 valence electrons. The van der Waals surface area contributed by atoms with Crippen LogP contribution in [0, 0.1) is 5.92 Å². The van der Waals surface area contributed by atoms with Crippen molar-refractivity contribution in [3.63, 3.8) is 0 Å². The van der Waals surface area contributed by atoms with Crippen molar-refractivity contribution in [1.29, 1.82) is 0 Å². The van der Waals surface area contributed by atoms with E-state index in [1.807, 2.05) is 12.1 Å². The lowest BCUT2D eigenvalue weighted by Crippen LogP contribution is -2.30. The van der Waals surface area contributed by atoms with E-state index in [2.05, 4.69) is 46.0 Å². The highest BCUT2D eigenvalue weighted by atomic mass is 16.5. The number of carbonyl (C=O) groups is 2. The topological polar surface area (TPSA) is 75.6 Å². The Balaban J connectivity index is 1.95. The molecular weight excluding hydrogens is 342 g/mol. The Morgan fingerprint density at radius 2 is 1.74 bits per heavy atom. The van der Waals surface area contributed by atoms with Gasteiger partial charge in [0.05, 0.1) is 19.8 Å². The Kier molecular flexibility index (Phi) is 6.82. The highest BCUT2D eigenvalue weighted by Crippen LogP contribution is 2.53. The number of carbonyl (C=O) groups excluding carboxylic acids is 2. The van der Waals surface area contributed by atoms with E-state index >= 15 is 0 Å². The van der Waals surface area contributed by atoms with Gasteiger partial charge in [0.15, 0.2) is 5.78 Å². The Morgan fingerprint density at radius 3 is 2.41 bits per heavy atom. The first-order valence-corrected chi connectivity index (χ1v) is 9.76. The quantitative estimate of drug-likeness (QED) is 0.514. The normalized spacial score (nSPS) is 19.6. The molecule has 5 nitrogen and oxygen atoms in total. The van der Waals surface area contributed by atoms with E-state index in [0.29, 0.717) is 24.6 Å². The van der Waals surface area contributed by atoms with Crippen LogP contribution in [-0.4, -0.2) is 43.2 Å².